The van der Waals surface area contributed by atoms with E-state index in [1.807, 2.05) is 4.90 Å². The summed E-state index contributed by atoms with van der Waals surface area (Å²) in [5.74, 6) is 1.62. The molecule has 108 valence electrons. The molecule has 2 aliphatic rings. The van der Waals surface area contributed by atoms with Gasteiger partial charge in [-0.1, -0.05) is 6.92 Å². The predicted octanol–water partition coefficient (Wildman–Crippen LogP) is 1.04. The highest BCUT2D eigenvalue weighted by molar-refractivity contribution is 5.92. The largest absolute Gasteiger partial charge is 0.354 e. The van der Waals surface area contributed by atoms with Crippen LogP contribution in [0.2, 0.25) is 0 Å². The van der Waals surface area contributed by atoms with Crippen LogP contribution >= 0.6 is 0 Å². The van der Waals surface area contributed by atoms with E-state index < -0.39 is 0 Å². The van der Waals surface area contributed by atoms with E-state index in [1.54, 1.807) is 6.92 Å². The van der Waals surface area contributed by atoms with E-state index in [0.29, 0.717) is 5.92 Å². The quantitative estimate of drug-likeness (QED) is 0.831. The fourth-order valence-electron chi connectivity index (χ4n) is 3.05. The number of nitrogens with zero attached hydrogens (tertiary/aromatic N) is 3. The van der Waals surface area contributed by atoms with Crippen LogP contribution in [-0.4, -0.2) is 43.6 Å². The number of nitrogens with one attached hydrogen (secondary N) is 1. The van der Waals surface area contributed by atoms with Gasteiger partial charge in [-0.25, -0.2) is 4.98 Å². The molecule has 1 aromatic rings. The van der Waals surface area contributed by atoms with E-state index in [9.17, 15) is 4.79 Å². The van der Waals surface area contributed by atoms with Crippen molar-refractivity contribution in [1.29, 1.82) is 0 Å². The van der Waals surface area contributed by atoms with Crippen molar-refractivity contribution >= 4 is 17.4 Å². The van der Waals surface area contributed by atoms with Gasteiger partial charge in [0.25, 0.3) is 0 Å². The Morgan fingerprint density at radius 2 is 2.10 bits per heavy atom. The Balaban J connectivity index is 1.91. The zero-order chi connectivity index (χ0) is 14.1. The molecule has 0 aliphatic carbocycles. The number of carbonyl (C=O) groups is 1. The Bertz CT molecular complexity index is 511. The monoisotopic (exact) mass is 274 g/mol. The van der Waals surface area contributed by atoms with E-state index in [2.05, 4.69) is 29.3 Å². The standard InChI is InChI=1S/C15H22N4O/c1-11-9-13-14(19(10-11)12(2)20)3-4-15(17-13)18-7-5-16-6-8-18/h3-4,11,16H,5-10H2,1-2H3/t11-/m1/s1. The van der Waals surface area contributed by atoms with Crippen LogP contribution in [0, 0.1) is 5.92 Å². The maximum atomic E-state index is 11.8. The molecule has 0 saturated carbocycles. The number of pyridine rings is 1. The third kappa shape index (κ3) is 2.50. The van der Waals surface area contributed by atoms with Crippen LogP contribution < -0.4 is 15.1 Å². The van der Waals surface area contributed by atoms with Crippen LogP contribution in [0.5, 0.6) is 0 Å². The van der Waals surface area contributed by atoms with Crippen molar-refractivity contribution in [1.82, 2.24) is 10.3 Å². The van der Waals surface area contributed by atoms with Gasteiger partial charge in [0.1, 0.15) is 5.82 Å². The summed E-state index contributed by atoms with van der Waals surface area (Å²) in [5.41, 5.74) is 2.06. The van der Waals surface area contributed by atoms with Crippen LogP contribution in [0.1, 0.15) is 19.5 Å². The van der Waals surface area contributed by atoms with Crippen LogP contribution in [0.4, 0.5) is 11.5 Å². The fraction of sp³-hybridized carbons (Fsp3) is 0.600. The molecule has 2 aliphatic heterocycles. The SMILES string of the molecule is CC(=O)N1C[C@H](C)Cc2nc(N3CCNCC3)ccc21. The first-order chi connectivity index (χ1) is 9.65. The highest BCUT2D eigenvalue weighted by Gasteiger charge is 2.26. The first kappa shape index (κ1) is 13.4. The molecule has 0 radical (unpaired) electrons. The molecule has 0 bridgehead atoms. The molecule has 0 unspecified atom stereocenters. The summed E-state index contributed by atoms with van der Waals surface area (Å²) in [7, 11) is 0. The molecule has 0 spiro atoms. The average molecular weight is 274 g/mol. The second-order valence-electron chi connectivity index (χ2n) is 5.81. The van der Waals surface area contributed by atoms with Gasteiger partial charge in [-0.15, -0.1) is 0 Å². The molecule has 20 heavy (non-hydrogen) atoms. The van der Waals surface area contributed by atoms with Gasteiger partial charge in [0.15, 0.2) is 0 Å². The van der Waals surface area contributed by atoms with Gasteiger partial charge >= 0.3 is 0 Å². The summed E-state index contributed by atoms with van der Waals surface area (Å²) in [6.45, 7) is 8.63. The second-order valence-corrected chi connectivity index (χ2v) is 5.81. The maximum Gasteiger partial charge on any atom is 0.223 e. The van der Waals surface area contributed by atoms with Crippen molar-refractivity contribution in [3.05, 3.63) is 17.8 Å². The highest BCUT2D eigenvalue weighted by atomic mass is 16.2. The minimum Gasteiger partial charge on any atom is -0.354 e. The Morgan fingerprint density at radius 1 is 1.35 bits per heavy atom. The van der Waals surface area contributed by atoms with E-state index in [4.69, 9.17) is 4.98 Å². The molecule has 0 aromatic carbocycles. The molecule has 1 amide bonds. The lowest BCUT2D eigenvalue weighted by atomic mass is 9.98. The molecule has 3 rings (SSSR count). The van der Waals surface area contributed by atoms with Crippen molar-refractivity contribution in [2.45, 2.75) is 20.3 Å². The van der Waals surface area contributed by atoms with Gasteiger partial charge < -0.3 is 15.1 Å². The van der Waals surface area contributed by atoms with Gasteiger partial charge in [0, 0.05) is 39.6 Å². The Morgan fingerprint density at radius 3 is 2.80 bits per heavy atom. The molecule has 1 fully saturated rings. The Kier molecular flexibility index (Phi) is 3.61. The molecule has 1 saturated heterocycles. The summed E-state index contributed by atoms with van der Waals surface area (Å²) < 4.78 is 0. The minimum absolute atomic E-state index is 0.106. The zero-order valence-corrected chi connectivity index (χ0v) is 12.2. The molecular weight excluding hydrogens is 252 g/mol. The number of carbonyl (C=O) groups excluding carboxylic acids is 1. The number of hydrogen-bond acceptors (Lipinski definition) is 4. The van der Waals surface area contributed by atoms with Crippen molar-refractivity contribution in [2.75, 3.05) is 42.5 Å². The van der Waals surface area contributed by atoms with Gasteiger partial charge in [0.05, 0.1) is 11.4 Å². The lowest BCUT2D eigenvalue weighted by Crippen LogP contribution is -2.44. The lowest BCUT2D eigenvalue weighted by molar-refractivity contribution is -0.116. The predicted molar refractivity (Wildman–Crippen MR) is 80.2 cm³/mol. The summed E-state index contributed by atoms with van der Waals surface area (Å²) in [4.78, 5) is 20.8. The molecule has 1 aromatic heterocycles. The van der Waals surface area contributed by atoms with E-state index in [-0.39, 0.29) is 5.91 Å². The van der Waals surface area contributed by atoms with E-state index in [1.165, 1.54) is 0 Å². The number of rotatable bonds is 1. The number of hydrogen-bond donors (Lipinski definition) is 1. The fourth-order valence-corrected chi connectivity index (χ4v) is 3.05. The molecule has 3 heterocycles. The zero-order valence-electron chi connectivity index (χ0n) is 12.2. The molecule has 5 heteroatoms. The normalized spacial score (nSPS) is 22.6. The van der Waals surface area contributed by atoms with Crippen LogP contribution in [0.15, 0.2) is 12.1 Å². The topological polar surface area (TPSA) is 48.5 Å². The van der Waals surface area contributed by atoms with Crippen LogP contribution in [-0.2, 0) is 11.2 Å². The minimum atomic E-state index is 0.106. The number of anilines is 2. The Labute approximate surface area is 120 Å². The summed E-state index contributed by atoms with van der Waals surface area (Å²) in [5, 5.41) is 3.35. The smallest absolute Gasteiger partial charge is 0.223 e. The van der Waals surface area contributed by atoms with Gasteiger partial charge in [-0.3, -0.25) is 4.79 Å². The van der Waals surface area contributed by atoms with E-state index >= 15 is 0 Å². The lowest BCUT2D eigenvalue weighted by Gasteiger charge is -2.34. The summed E-state index contributed by atoms with van der Waals surface area (Å²) in [6, 6.07) is 4.11. The Hall–Kier alpha value is -1.62. The number of piperazine rings is 1. The van der Waals surface area contributed by atoms with Crippen molar-refractivity contribution in [3.8, 4) is 0 Å². The average Bonchev–Trinajstić information content (AvgIpc) is 2.46. The molecular formula is C15H22N4O. The third-order valence-corrected chi connectivity index (χ3v) is 4.08. The van der Waals surface area contributed by atoms with Crippen LogP contribution in [0.25, 0.3) is 0 Å². The third-order valence-electron chi connectivity index (χ3n) is 4.08. The summed E-state index contributed by atoms with van der Waals surface area (Å²) >= 11 is 0. The number of fused-ring (bicyclic) bond motifs is 1. The highest BCUT2D eigenvalue weighted by Crippen LogP contribution is 2.30. The first-order valence-corrected chi connectivity index (χ1v) is 7.39. The van der Waals surface area contributed by atoms with Gasteiger partial charge in [0.2, 0.25) is 5.91 Å². The van der Waals surface area contributed by atoms with E-state index in [0.717, 1.165) is 56.3 Å². The summed E-state index contributed by atoms with van der Waals surface area (Å²) in [6.07, 6.45) is 0.957. The second kappa shape index (κ2) is 5.40. The molecule has 1 N–H and O–H groups in total. The number of aromatic nitrogens is 1. The van der Waals surface area contributed by atoms with Crippen molar-refractivity contribution < 1.29 is 4.79 Å². The van der Waals surface area contributed by atoms with Gasteiger partial charge in [-0.2, -0.15) is 0 Å². The number of amides is 1. The molecule has 1 atom stereocenters. The van der Waals surface area contributed by atoms with Crippen molar-refractivity contribution in [2.24, 2.45) is 5.92 Å². The van der Waals surface area contributed by atoms with Crippen LogP contribution in [0.3, 0.4) is 0 Å². The maximum absolute atomic E-state index is 11.8. The van der Waals surface area contributed by atoms with Crippen molar-refractivity contribution in [3.63, 3.8) is 0 Å². The first-order valence-electron chi connectivity index (χ1n) is 7.39. The molecule has 5 nitrogen and oxygen atoms in total. The van der Waals surface area contributed by atoms with Gasteiger partial charge in [-0.05, 0) is 24.5 Å².